The Morgan fingerprint density at radius 3 is 1.48 bits per heavy atom. The quantitative estimate of drug-likeness (QED) is 0.199. The number of rotatable bonds is 4. The molecule has 0 fully saturated rings. The molecule has 0 bridgehead atoms. The zero-order valence-corrected chi connectivity index (χ0v) is 25.8. The molecule has 0 N–H and O–H groups in total. The lowest BCUT2D eigenvalue weighted by atomic mass is 9.91. The number of para-hydroxylation sites is 4. The second-order valence-corrected chi connectivity index (χ2v) is 12.0. The van der Waals surface area contributed by atoms with E-state index in [9.17, 15) is 10.5 Å². The first-order valence-corrected chi connectivity index (χ1v) is 15.9. The van der Waals surface area contributed by atoms with Crippen LogP contribution in [0.1, 0.15) is 11.1 Å². The van der Waals surface area contributed by atoms with E-state index in [1.807, 2.05) is 48.5 Å². The molecular formula is C44H26N4. The van der Waals surface area contributed by atoms with Gasteiger partial charge < -0.3 is 9.13 Å². The maximum absolute atomic E-state index is 10.8. The Labute approximate surface area is 277 Å². The van der Waals surface area contributed by atoms with Crippen molar-refractivity contribution in [2.45, 2.75) is 0 Å². The van der Waals surface area contributed by atoms with E-state index in [4.69, 9.17) is 0 Å². The molecule has 0 spiro atoms. The topological polar surface area (TPSA) is 57.4 Å². The standard InChI is InChI=1S/C44H26N4/c45-27-29-23-24-38(44(25-29)48-42-21-7-3-15-36(42)37-16-4-8-22-43(37)48)33-18-10-17-32(39(33)28-46)30-11-9-12-31(26-30)47-40-19-5-1-13-34(40)35-14-2-6-20-41(35)47/h1-26H. The zero-order valence-electron chi connectivity index (χ0n) is 25.8. The third-order valence-corrected chi connectivity index (χ3v) is 9.41. The predicted molar refractivity (Wildman–Crippen MR) is 195 cm³/mol. The van der Waals surface area contributed by atoms with Crippen molar-refractivity contribution in [1.29, 1.82) is 10.5 Å². The van der Waals surface area contributed by atoms with E-state index in [2.05, 4.69) is 130 Å². The fourth-order valence-electron chi connectivity index (χ4n) is 7.35. The number of aromatic nitrogens is 2. The molecule has 222 valence electrons. The SMILES string of the molecule is N#Cc1ccc(-c2cccc(-c3cccc(-n4c5ccccc5c5ccccc54)c3)c2C#N)c(-n2c3ccccc3c3ccccc32)c1. The molecule has 0 saturated carbocycles. The van der Waals surface area contributed by atoms with Gasteiger partial charge in [0.15, 0.2) is 0 Å². The summed E-state index contributed by atoms with van der Waals surface area (Å²) in [6.45, 7) is 0. The molecular weight excluding hydrogens is 585 g/mol. The fraction of sp³-hybridized carbons (Fsp3) is 0. The molecule has 0 amide bonds. The molecule has 0 radical (unpaired) electrons. The number of benzene rings is 7. The number of hydrogen-bond donors (Lipinski definition) is 0. The number of nitriles is 2. The van der Waals surface area contributed by atoms with Gasteiger partial charge in [0, 0.05) is 43.9 Å². The largest absolute Gasteiger partial charge is 0.309 e. The van der Waals surface area contributed by atoms with Crippen LogP contribution in [0.2, 0.25) is 0 Å². The molecule has 4 heteroatoms. The Bertz CT molecular complexity index is 2710. The minimum Gasteiger partial charge on any atom is -0.309 e. The first kappa shape index (κ1) is 27.4. The summed E-state index contributed by atoms with van der Waals surface area (Å²) in [4.78, 5) is 0. The van der Waals surface area contributed by atoms with E-state index in [0.717, 1.165) is 66.5 Å². The summed E-state index contributed by atoms with van der Waals surface area (Å²) in [5.41, 5.74) is 10.9. The summed E-state index contributed by atoms with van der Waals surface area (Å²) < 4.78 is 4.52. The molecule has 9 rings (SSSR count). The van der Waals surface area contributed by atoms with Crippen molar-refractivity contribution in [2.24, 2.45) is 0 Å². The summed E-state index contributed by atoms with van der Waals surface area (Å²) in [5, 5.41) is 25.5. The minimum absolute atomic E-state index is 0.559. The van der Waals surface area contributed by atoms with Crippen LogP contribution < -0.4 is 0 Å². The van der Waals surface area contributed by atoms with E-state index in [0.29, 0.717) is 11.1 Å². The van der Waals surface area contributed by atoms with Crippen LogP contribution in [0.15, 0.2) is 158 Å². The molecule has 2 aromatic heterocycles. The van der Waals surface area contributed by atoms with Crippen LogP contribution in [0.4, 0.5) is 0 Å². The van der Waals surface area contributed by atoms with Crippen LogP contribution in [0.25, 0.3) is 77.2 Å². The van der Waals surface area contributed by atoms with Gasteiger partial charge in [-0.3, -0.25) is 0 Å². The highest BCUT2D eigenvalue weighted by atomic mass is 15.0. The monoisotopic (exact) mass is 610 g/mol. The second-order valence-electron chi connectivity index (χ2n) is 12.0. The molecule has 9 aromatic rings. The zero-order chi connectivity index (χ0) is 32.2. The van der Waals surface area contributed by atoms with E-state index >= 15 is 0 Å². The van der Waals surface area contributed by atoms with Crippen molar-refractivity contribution in [2.75, 3.05) is 0 Å². The Morgan fingerprint density at radius 1 is 0.396 bits per heavy atom. The molecule has 0 atom stereocenters. The highest BCUT2D eigenvalue weighted by Gasteiger charge is 2.20. The smallest absolute Gasteiger partial charge is 0.100 e. The third-order valence-electron chi connectivity index (χ3n) is 9.41. The Morgan fingerprint density at radius 2 is 0.917 bits per heavy atom. The molecule has 48 heavy (non-hydrogen) atoms. The van der Waals surface area contributed by atoms with Crippen LogP contribution in [-0.2, 0) is 0 Å². The second kappa shape index (κ2) is 10.9. The van der Waals surface area contributed by atoms with Gasteiger partial charge in [0.25, 0.3) is 0 Å². The molecule has 0 unspecified atom stereocenters. The van der Waals surface area contributed by atoms with Crippen molar-refractivity contribution in [1.82, 2.24) is 9.13 Å². The van der Waals surface area contributed by atoms with Gasteiger partial charge in [0.05, 0.1) is 45.0 Å². The van der Waals surface area contributed by atoms with Gasteiger partial charge in [-0.25, -0.2) is 0 Å². The summed E-state index contributed by atoms with van der Waals surface area (Å²) >= 11 is 0. The summed E-state index contributed by atoms with van der Waals surface area (Å²) in [6, 6.07) is 58.8. The normalized spacial score (nSPS) is 11.3. The molecule has 0 aliphatic heterocycles. The molecule has 4 nitrogen and oxygen atoms in total. The highest BCUT2D eigenvalue weighted by molar-refractivity contribution is 6.10. The van der Waals surface area contributed by atoms with Gasteiger partial charge in [0.1, 0.15) is 6.07 Å². The van der Waals surface area contributed by atoms with E-state index in [1.54, 1.807) is 0 Å². The summed E-state index contributed by atoms with van der Waals surface area (Å²) in [5.74, 6) is 0. The van der Waals surface area contributed by atoms with Gasteiger partial charge >= 0.3 is 0 Å². The van der Waals surface area contributed by atoms with Crippen molar-refractivity contribution in [3.05, 3.63) is 169 Å². The lowest BCUT2D eigenvalue weighted by molar-refractivity contribution is 1.18. The average molecular weight is 611 g/mol. The lowest BCUT2D eigenvalue weighted by Crippen LogP contribution is -2.00. The number of hydrogen-bond acceptors (Lipinski definition) is 2. The molecule has 0 saturated heterocycles. The maximum Gasteiger partial charge on any atom is 0.100 e. The Balaban J connectivity index is 1.27. The van der Waals surface area contributed by atoms with Gasteiger partial charge in [-0.05, 0) is 54.1 Å². The molecule has 0 aliphatic rings. The van der Waals surface area contributed by atoms with Crippen LogP contribution in [-0.4, -0.2) is 9.13 Å². The van der Waals surface area contributed by atoms with Gasteiger partial charge in [-0.2, -0.15) is 10.5 Å². The van der Waals surface area contributed by atoms with Gasteiger partial charge in [0.2, 0.25) is 0 Å². The maximum atomic E-state index is 10.8. The predicted octanol–water partition coefficient (Wildman–Crippen LogP) is 11.0. The lowest BCUT2D eigenvalue weighted by Gasteiger charge is -2.17. The summed E-state index contributed by atoms with van der Waals surface area (Å²) in [6.07, 6.45) is 0. The average Bonchev–Trinajstić information content (AvgIpc) is 3.67. The van der Waals surface area contributed by atoms with Crippen LogP contribution in [0, 0.1) is 22.7 Å². The van der Waals surface area contributed by atoms with Gasteiger partial charge in [-0.1, -0.05) is 109 Å². The van der Waals surface area contributed by atoms with Crippen LogP contribution >= 0.6 is 0 Å². The van der Waals surface area contributed by atoms with Gasteiger partial charge in [-0.15, -0.1) is 0 Å². The number of nitrogens with zero attached hydrogens (tertiary/aromatic N) is 4. The van der Waals surface area contributed by atoms with Crippen molar-refractivity contribution >= 4 is 43.6 Å². The van der Waals surface area contributed by atoms with E-state index in [1.165, 1.54) is 10.8 Å². The van der Waals surface area contributed by atoms with Crippen molar-refractivity contribution in [3.63, 3.8) is 0 Å². The van der Waals surface area contributed by atoms with Crippen LogP contribution in [0.5, 0.6) is 0 Å². The van der Waals surface area contributed by atoms with E-state index in [-0.39, 0.29) is 0 Å². The fourth-order valence-corrected chi connectivity index (χ4v) is 7.35. The third kappa shape index (κ3) is 4.07. The van der Waals surface area contributed by atoms with E-state index < -0.39 is 0 Å². The van der Waals surface area contributed by atoms with Crippen molar-refractivity contribution < 1.29 is 0 Å². The molecule has 0 aliphatic carbocycles. The number of fused-ring (bicyclic) bond motifs is 6. The first-order chi connectivity index (χ1) is 23.7. The van der Waals surface area contributed by atoms with Crippen molar-refractivity contribution in [3.8, 4) is 45.8 Å². The summed E-state index contributed by atoms with van der Waals surface area (Å²) in [7, 11) is 0. The minimum atomic E-state index is 0.559. The molecule has 2 heterocycles. The molecule has 7 aromatic carbocycles. The Kier molecular flexibility index (Phi) is 6.22. The Hall–Kier alpha value is -6.88. The first-order valence-electron chi connectivity index (χ1n) is 15.9. The van der Waals surface area contributed by atoms with Crippen LogP contribution in [0.3, 0.4) is 0 Å². The highest BCUT2D eigenvalue weighted by Crippen LogP contribution is 2.40.